The maximum Gasteiger partial charge on any atom is 0.414 e. The van der Waals surface area contributed by atoms with Gasteiger partial charge in [-0.05, 0) is 49.1 Å². The molecule has 8 nitrogen and oxygen atoms in total. The minimum Gasteiger partial charge on any atom is -0.497 e. The highest BCUT2D eigenvalue weighted by molar-refractivity contribution is 5.91. The Morgan fingerprint density at radius 2 is 2.15 bits per heavy atom. The third-order valence-electron chi connectivity index (χ3n) is 6.21. The Morgan fingerprint density at radius 1 is 1.27 bits per heavy atom. The van der Waals surface area contributed by atoms with Gasteiger partial charge in [0.15, 0.2) is 0 Å². The van der Waals surface area contributed by atoms with Crippen molar-refractivity contribution in [1.82, 2.24) is 15.5 Å². The van der Waals surface area contributed by atoms with E-state index in [1.165, 1.54) is 18.1 Å². The molecule has 33 heavy (non-hydrogen) atoms. The summed E-state index contributed by atoms with van der Waals surface area (Å²) in [7, 11) is 1.66. The number of nitrogens with zero attached hydrogens (tertiary/aromatic N) is 2. The van der Waals surface area contributed by atoms with E-state index in [4.69, 9.17) is 9.47 Å². The number of aryl methyl sites for hydroxylation is 1. The zero-order chi connectivity index (χ0) is 22.9. The molecular formula is C25H26N4O4. The lowest BCUT2D eigenvalue weighted by Crippen LogP contribution is -2.33. The van der Waals surface area contributed by atoms with Crippen LogP contribution in [0.1, 0.15) is 24.5 Å². The van der Waals surface area contributed by atoms with E-state index in [0.717, 1.165) is 53.2 Å². The van der Waals surface area contributed by atoms with Crippen LogP contribution in [0.5, 0.6) is 5.75 Å². The number of rotatable bonds is 5. The molecule has 0 bridgehead atoms. The molecule has 1 fully saturated rings. The van der Waals surface area contributed by atoms with Gasteiger partial charge >= 0.3 is 6.09 Å². The van der Waals surface area contributed by atoms with E-state index in [-0.39, 0.29) is 18.1 Å². The smallest absolute Gasteiger partial charge is 0.414 e. The van der Waals surface area contributed by atoms with Crippen LogP contribution in [0.2, 0.25) is 0 Å². The van der Waals surface area contributed by atoms with Crippen molar-refractivity contribution in [3.63, 3.8) is 0 Å². The molecule has 1 aliphatic carbocycles. The number of cyclic esters (lactones) is 1. The van der Waals surface area contributed by atoms with Crippen LogP contribution in [-0.4, -0.2) is 48.5 Å². The number of benzene rings is 2. The summed E-state index contributed by atoms with van der Waals surface area (Å²) in [4.78, 5) is 25.2. The van der Waals surface area contributed by atoms with Gasteiger partial charge in [-0.15, -0.1) is 0 Å². The van der Waals surface area contributed by atoms with Crippen molar-refractivity contribution in [1.29, 1.82) is 0 Å². The number of methoxy groups -OCH3 is 1. The van der Waals surface area contributed by atoms with Gasteiger partial charge in [0, 0.05) is 29.3 Å². The van der Waals surface area contributed by atoms with Crippen LogP contribution in [0.4, 0.5) is 10.5 Å². The van der Waals surface area contributed by atoms with Gasteiger partial charge in [0.1, 0.15) is 11.9 Å². The van der Waals surface area contributed by atoms with Crippen LogP contribution in [0.15, 0.2) is 42.5 Å². The van der Waals surface area contributed by atoms with Gasteiger partial charge in [0.05, 0.1) is 31.6 Å². The number of hydrogen-bond acceptors (Lipinski definition) is 5. The lowest BCUT2D eigenvalue weighted by Gasteiger charge is -2.16. The van der Waals surface area contributed by atoms with Crippen molar-refractivity contribution < 1.29 is 19.1 Å². The fraction of sp³-hybridized carbons (Fsp3) is 0.320. The Morgan fingerprint density at radius 3 is 2.97 bits per heavy atom. The second-order valence-electron chi connectivity index (χ2n) is 8.41. The predicted molar refractivity (Wildman–Crippen MR) is 124 cm³/mol. The number of aromatic nitrogens is 2. The van der Waals surface area contributed by atoms with Crippen LogP contribution in [0.3, 0.4) is 0 Å². The summed E-state index contributed by atoms with van der Waals surface area (Å²) in [6, 6.07) is 14.0. The summed E-state index contributed by atoms with van der Waals surface area (Å²) in [5.41, 5.74) is 7.28. The summed E-state index contributed by atoms with van der Waals surface area (Å²) in [5, 5.41) is 10.6. The molecule has 8 heteroatoms. The lowest BCUT2D eigenvalue weighted by molar-refractivity contribution is -0.119. The van der Waals surface area contributed by atoms with Gasteiger partial charge in [0.2, 0.25) is 5.91 Å². The molecule has 2 aromatic carbocycles. The number of nitrogens with one attached hydrogen (secondary N) is 2. The Labute approximate surface area is 191 Å². The van der Waals surface area contributed by atoms with Crippen molar-refractivity contribution in [2.75, 3.05) is 25.1 Å². The van der Waals surface area contributed by atoms with Crippen molar-refractivity contribution in [2.45, 2.75) is 32.3 Å². The maximum atomic E-state index is 12.4. The Kier molecular flexibility index (Phi) is 5.50. The molecule has 1 aromatic heterocycles. The van der Waals surface area contributed by atoms with Gasteiger partial charge in [-0.1, -0.05) is 18.2 Å². The average molecular weight is 447 g/mol. The maximum absolute atomic E-state index is 12.4. The Balaban J connectivity index is 1.44. The highest BCUT2D eigenvalue weighted by atomic mass is 16.6. The summed E-state index contributed by atoms with van der Waals surface area (Å²) in [6.45, 7) is 2.17. The second-order valence-corrected chi connectivity index (χ2v) is 8.41. The van der Waals surface area contributed by atoms with Crippen molar-refractivity contribution in [3.05, 3.63) is 53.6 Å². The minimum atomic E-state index is -0.388. The van der Waals surface area contributed by atoms with Crippen LogP contribution >= 0.6 is 0 Å². The van der Waals surface area contributed by atoms with E-state index in [0.29, 0.717) is 13.1 Å². The zero-order valence-corrected chi connectivity index (χ0v) is 18.7. The molecule has 5 rings (SSSR count). The molecule has 0 spiro atoms. The molecule has 170 valence electrons. The Bertz CT molecular complexity index is 1220. The number of anilines is 1. The van der Waals surface area contributed by atoms with E-state index >= 15 is 0 Å². The normalized spacial score (nSPS) is 17.1. The first-order valence-corrected chi connectivity index (χ1v) is 11.1. The van der Waals surface area contributed by atoms with Gasteiger partial charge in [-0.3, -0.25) is 14.8 Å². The number of ether oxygens (including phenoxy) is 2. The zero-order valence-electron chi connectivity index (χ0n) is 18.7. The van der Waals surface area contributed by atoms with Gasteiger partial charge in [0.25, 0.3) is 0 Å². The average Bonchev–Trinajstić information content (AvgIpc) is 3.36. The standard InChI is InChI=1S/C25H26N4O4/c1-15(30)26-13-20-14-29(25(31)33-20)18-9-10-21-16(11-18)5-4-8-22-23(27-28-24(21)22)17-6-3-7-19(12-17)32-2/h3,6-7,9-12,20H,4-5,8,13-14H2,1-2H3,(H,26,30)(H,27,28). The first-order chi connectivity index (χ1) is 16.0. The van der Waals surface area contributed by atoms with Crippen LogP contribution in [-0.2, 0) is 22.4 Å². The number of amides is 2. The highest BCUT2D eigenvalue weighted by Gasteiger charge is 2.33. The number of H-pyrrole nitrogens is 1. The second kappa shape index (κ2) is 8.61. The molecule has 1 atom stereocenters. The SMILES string of the molecule is COc1cccc(-c2n[nH]c3c2CCCc2cc(N4CC(CNC(C)=O)OC4=O)ccc2-3)c1. The number of carbonyl (C=O) groups is 2. The van der Waals surface area contributed by atoms with Gasteiger partial charge < -0.3 is 14.8 Å². The molecule has 0 saturated carbocycles. The summed E-state index contributed by atoms with van der Waals surface area (Å²) in [5.74, 6) is 0.662. The van der Waals surface area contributed by atoms with Crippen LogP contribution in [0.25, 0.3) is 22.5 Å². The minimum absolute atomic E-state index is 0.141. The monoisotopic (exact) mass is 446 g/mol. The topological polar surface area (TPSA) is 96.6 Å². The first-order valence-electron chi connectivity index (χ1n) is 11.1. The summed E-state index contributed by atoms with van der Waals surface area (Å²) in [6.07, 6.45) is 2.05. The van der Waals surface area contributed by atoms with E-state index in [2.05, 4.69) is 27.6 Å². The number of aromatic amines is 1. The van der Waals surface area contributed by atoms with Crippen molar-refractivity contribution >= 4 is 17.7 Å². The van der Waals surface area contributed by atoms with Crippen molar-refractivity contribution in [2.24, 2.45) is 0 Å². The summed E-state index contributed by atoms with van der Waals surface area (Å²) >= 11 is 0. The number of fused-ring (bicyclic) bond motifs is 3. The van der Waals surface area contributed by atoms with E-state index in [1.807, 2.05) is 30.3 Å². The van der Waals surface area contributed by atoms with Gasteiger partial charge in [-0.25, -0.2) is 4.79 Å². The predicted octanol–water partition coefficient (Wildman–Crippen LogP) is 3.70. The lowest BCUT2D eigenvalue weighted by atomic mass is 9.99. The molecule has 2 amide bonds. The van der Waals surface area contributed by atoms with Crippen molar-refractivity contribution in [3.8, 4) is 28.3 Å². The third kappa shape index (κ3) is 4.04. The highest BCUT2D eigenvalue weighted by Crippen LogP contribution is 2.38. The fourth-order valence-corrected chi connectivity index (χ4v) is 4.59. The molecular weight excluding hydrogens is 420 g/mol. The molecule has 1 aliphatic heterocycles. The molecule has 1 unspecified atom stereocenters. The quantitative estimate of drug-likeness (QED) is 0.623. The van der Waals surface area contributed by atoms with Crippen LogP contribution in [0, 0.1) is 0 Å². The van der Waals surface area contributed by atoms with E-state index in [9.17, 15) is 9.59 Å². The number of hydrogen-bond donors (Lipinski definition) is 2. The molecule has 3 aromatic rings. The molecule has 2 heterocycles. The fourth-order valence-electron chi connectivity index (χ4n) is 4.59. The van der Waals surface area contributed by atoms with Crippen LogP contribution < -0.4 is 15.0 Å². The molecule has 0 radical (unpaired) electrons. The van der Waals surface area contributed by atoms with E-state index in [1.54, 1.807) is 12.0 Å². The molecule has 1 saturated heterocycles. The van der Waals surface area contributed by atoms with E-state index < -0.39 is 0 Å². The largest absolute Gasteiger partial charge is 0.497 e. The number of carbonyl (C=O) groups excluding carboxylic acids is 2. The first kappa shape index (κ1) is 21.1. The molecule has 2 aliphatic rings. The Hall–Kier alpha value is -3.81. The third-order valence-corrected chi connectivity index (χ3v) is 6.21. The molecule has 2 N–H and O–H groups in total. The van der Waals surface area contributed by atoms with Gasteiger partial charge in [-0.2, -0.15) is 5.10 Å². The summed E-state index contributed by atoms with van der Waals surface area (Å²) < 4.78 is 10.8.